The lowest BCUT2D eigenvalue weighted by Crippen LogP contribution is -2.35. The Morgan fingerprint density at radius 3 is 2.61 bits per heavy atom. The van der Waals surface area contributed by atoms with Gasteiger partial charge in [0.1, 0.15) is 35.5 Å². The van der Waals surface area contributed by atoms with E-state index < -0.39 is 41.5 Å². The number of benzene rings is 1. The number of nitrogens with two attached hydrogens (primary N) is 2. The SMILES string of the molecule is Nc1ncnc2c1c(Sc1ccc(Cl)cc1)nn2[C@@H]1O[C@H](COS(N)(=O)=O)[C@@H](O)[C@H]1O. The van der Waals surface area contributed by atoms with Crippen LogP contribution in [-0.2, 0) is 19.2 Å². The molecule has 1 aliphatic heterocycles. The number of nitrogens with zero attached hydrogens (tertiary/aromatic N) is 4. The van der Waals surface area contributed by atoms with Gasteiger partial charge in [-0.2, -0.15) is 13.5 Å². The van der Waals surface area contributed by atoms with Crippen LogP contribution in [0.1, 0.15) is 6.23 Å². The molecule has 0 amide bonds. The van der Waals surface area contributed by atoms with Gasteiger partial charge in [0, 0.05) is 9.92 Å². The molecule has 2 aromatic heterocycles. The highest BCUT2D eigenvalue weighted by molar-refractivity contribution is 7.99. The fourth-order valence-corrected chi connectivity index (χ4v) is 4.43. The molecule has 3 aromatic rings. The Hall–Kier alpha value is -2.04. The second-order valence-corrected chi connectivity index (χ2v) is 9.31. The quantitative estimate of drug-likeness (QED) is 0.366. The summed E-state index contributed by atoms with van der Waals surface area (Å²) in [5.41, 5.74) is 6.30. The molecule has 166 valence electrons. The van der Waals surface area contributed by atoms with Crippen LogP contribution in [0.2, 0.25) is 5.02 Å². The van der Waals surface area contributed by atoms with Crippen LogP contribution in [-0.4, -0.2) is 63.3 Å². The number of aromatic nitrogens is 4. The Labute approximate surface area is 185 Å². The van der Waals surface area contributed by atoms with Gasteiger partial charge in [0.05, 0.1) is 12.0 Å². The van der Waals surface area contributed by atoms with Gasteiger partial charge in [-0.1, -0.05) is 23.4 Å². The first kappa shape index (κ1) is 22.2. The van der Waals surface area contributed by atoms with Gasteiger partial charge >= 0.3 is 10.3 Å². The maximum absolute atomic E-state index is 11.0. The highest BCUT2D eigenvalue weighted by Crippen LogP contribution is 2.38. The van der Waals surface area contributed by atoms with E-state index in [9.17, 15) is 18.6 Å². The number of hydrogen-bond donors (Lipinski definition) is 4. The van der Waals surface area contributed by atoms with Crippen molar-refractivity contribution in [2.75, 3.05) is 12.3 Å². The molecule has 0 saturated carbocycles. The van der Waals surface area contributed by atoms with Gasteiger partial charge in [-0.3, -0.25) is 4.18 Å². The Morgan fingerprint density at radius 1 is 1.23 bits per heavy atom. The normalized spacial score (nSPS) is 24.1. The number of ether oxygens (including phenoxy) is 1. The van der Waals surface area contributed by atoms with Gasteiger partial charge in [0.15, 0.2) is 11.9 Å². The largest absolute Gasteiger partial charge is 0.387 e. The first-order chi connectivity index (χ1) is 14.6. The van der Waals surface area contributed by atoms with Crippen molar-refractivity contribution >= 4 is 50.5 Å². The number of rotatable bonds is 6. The molecule has 0 radical (unpaired) electrons. The van der Waals surface area contributed by atoms with Crippen LogP contribution < -0.4 is 10.9 Å². The van der Waals surface area contributed by atoms with Crippen molar-refractivity contribution in [3.63, 3.8) is 0 Å². The third-order valence-electron chi connectivity index (χ3n) is 4.49. The summed E-state index contributed by atoms with van der Waals surface area (Å²) in [4.78, 5) is 8.99. The van der Waals surface area contributed by atoms with E-state index in [0.29, 0.717) is 15.4 Å². The van der Waals surface area contributed by atoms with Crippen LogP contribution in [0.25, 0.3) is 11.0 Å². The second-order valence-electron chi connectivity index (χ2n) is 6.59. The summed E-state index contributed by atoms with van der Waals surface area (Å²) in [5.74, 6) is 0.162. The van der Waals surface area contributed by atoms with Gasteiger partial charge in [0.25, 0.3) is 0 Å². The number of halogens is 1. The van der Waals surface area contributed by atoms with Crippen LogP contribution >= 0.6 is 23.4 Å². The maximum Gasteiger partial charge on any atom is 0.333 e. The highest BCUT2D eigenvalue weighted by Gasteiger charge is 2.45. The lowest BCUT2D eigenvalue weighted by molar-refractivity contribution is -0.0531. The van der Waals surface area contributed by atoms with E-state index in [2.05, 4.69) is 19.2 Å². The zero-order chi connectivity index (χ0) is 22.3. The molecule has 1 aromatic carbocycles. The summed E-state index contributed by atoms with van der Waals surface area (Å²) < 4.78 is 33.4. The van der Waals surface area contributed by atoms with Crippen molar-refractivity contribution in [1.82, 2.24) is 19.7 Å². The molecule has 12 nitrogen and oxygen atoms in total. The molecule has 6 N–H and O–H groups in total. The summed E-state index contributed by atoms with van der Waals surface area (Å²) in [6.07, 6.45) is -4.06. The summed E-state index contributed by atoms with van der Waals surface area (Å²) in [6, 6.07) is 7.03. The number of anilines is 1. The number of fused-ring (bicyclic) bond motifs is 1. The predicted molar refractivity (Wildman–Crippen MR) is 110 cm³/mol. The van der Waals surface area contributed by atoms with Crippen LogP contribution in [0.4, 0.5) is 5.82 Å². The highest BCUT2D eigenvalue weighted by atomic mass is 35.5. The fourth-order valence-electron chi connectivity index (χ4n) is 3.06. The maximum atomic E-state index is 11.0. The molecule has 31 heavy (non-hydrogen) atoms. The minimum Gasteiger partial charge on any atom is -0.387 e. The molecule has 15 heteroatoms. The predicted octanol–water partition coefficient (Wildman–Crippen LogP) is 0.0524. The Morgan fingerprint density at radius 2 is 1.94 bits per heavy atom. The number of aliphatic hydroxyl groups excluding tert-OH is 2. The zero-order valence-electron chi connectivity index (χ0n) is 15.6. The average Bonchev–Trinajstić information content (AvgIpc) is 3.20. The average molecular weight is 489 g/mol. The first-order valence-electron chi connectivity index (χ1n) is 8.75. The van der Waals surface area contributed by atoms with Crippen molar-refractivity contribution < 1.29 is 27.6 Å². The lowest BCUT2D eigenvalue weighted by Gasteiger charge is -2.15. The first-order valence-corrected chi connectivity index (χ1v) is 11.4. The van der Waals surface area contributed by atoms with Crippen molar-refractivity contribution in [2.45, 2.75) is 34.5 Å². The van der Waals surface area contributed by atoms with E-state index in [1.165, 1.54) is 22.8 Å². The number of hydrogen-bond acceptors (Lipinski definition) is 11. The van der Waals surface area contributed by atoms with Gasteiger partial charge in [-0.25, -0.2) is 19.8 Å². The molecule has 0 spiro atoms. The van der Waals surface area contributed by atoms with Gasteiger partial charge in [-0.15, -0.1) is 0 Å². The van der Waals surface area contributed by atoms with Crippen LogP contribution in [0.15, 0.2) is 40.5 Å². The van der Waals surface area contributed by atoms with Gasteiger partial charge in [0.2, 0.25) is 0 Å². The molecule has 0 bridgehead atoms. The number of nitrogen functional groups attached to an aromatic ring is 1. The van der Waals surface area contributed by atoms with E-state index in [-0.39, 0.29) is 11.5 Å². The van der Waals surface area contributed by atoms with E-state index in [4.69, 9.17) is 27.2 Å². The Balaban J connectivity index is 1.69. The molecule has 4 atom stereocenters. The van der Waals surface area contributed by atoms with E-state index in [0.717, 1.165) is 4.90 Å². The van der Waals surface area contributed by atoms with Crippen molar-refractivity contribution in [1.29, 1.82) is 0 Å². The van der Waals surface area contributed by atoms with Crippen LogP contribution in [0.3, 0.4) is 0 Å². The molecule has 4 rings (SSSR count). The summed E-state index contributed by atoms with van der Waals surface area (Å²) in [5, 5.41) is 31.5. The molecule has 3 heterocycles. The molecular weight excluding hydrogens is 472 g/mol. The monoisotopic (exact) mass is 488 g/mol. The topological polar surface area (TPSA) is 189 Å². The minimum atomic E-state index is -4.25. The summed E-state index contributed by atoms with van der Waals surface area (Å²) in [6.45, 7) is -0.587. The fraction of sp³-hybridized carbons (Fsp3) is 0.312. The van der Waals surface area contributed by atoms with Crippen molar-refractivity contribution in [3.05, 3.63) is 35.6 Å². The second kappa shape index (κ2) is 8.48. The zero-order valence-corrected chi connectivity index (χ0v) is 18.0. The third kappa shape index (κ3) is 4.61. The van der Waals surface area contributed by atoms with Gasteiger partial charge < -0.3 is 20.7 Å². The molecular formula is C16H17ClN6O6S2. The smallest absolute Gasteiger partial charge is 0.333 e. The minimum absolute atomic E-state index is 0.162. The van der Waals surface area contributed by atoms with Crippen molar-refractivity contribution in [3.8, 4) is 0 Å². The van der Waals surface area contributed by atoms with Crippen LogP contribution in [0, 0.1) is 0 Å². The Kier molecular flexibility index (Phi) is 6.06. The standard InChI is InChI=1S/C16H17ClN6O6S2/c17-7-1-3-8(4-2-7)30-15-10-13(18)20-6-21-14(10)23(22-15)16-12(25)11(24)9(29-16)5-28-31(19,26)27/h1-4,6,9,11-12,16,24-25H,5H2,(H2,18,20,21)(H2,19,26,27)/t9-,11-,12-,16-/m1/s1. The number of aliphatic hydroxyl groups is 2. The van der Waals surface area contributed by atoms with Crippen molar-refractivity contribution in [2.24, 2.45) is 5.14 Å². The molecule has 1 saturated heterocycles. The summed E-state index contributed by atoms with van der Waals surface area (Å²) >= 11 is 7.19. The summed E-state index contributed by atoms with van der Waals surface area (Å²) in [7, 11) is -4.25. The molecule has 1 fully saturated rings. The van der Waals surface area contributed by atoms with Gasteiger partial charge in [-0.05, 0) is 24.3 Å². The molecule has 0 aliphatic carbocycles. The molecule has 0 unspecified atom stereocenters. The Bertz CT molecular complexity index is 1210. The third-order valence-corrected chi connectivity index (χ3v) is 6.19. The van der Waals surface area contributed by atoms with E-state index in [1.807, 2.05) is 0 Å². The van der Waals surface area contributed by atoms with E-state index >= 15 is 0 Å². The lowest BCUT2D eigenvalue weighted by atomic mass is 10.1. The van der Waals surface area contributed by atoms with E-state index in [1.54, 1.807) is 24.3 Å². The van der Waals surface area contributed by atoms with Crippen LogP contribution in [0.5, 0.6) is 0 Å². The molecule has 1 aliphatic rings.